The van der Waals surface area contributed by atoms with E-state index in [1.54, 1.807) is 6.33 Å². The van der Waals surface area contributed by atoms with Gasteiger partial charge in [-0.1, -0.05) is 6.07 Å². The zero-order chi connectivity index (χ0) is 6.97. The minimum absolute atomic E-state index is 0.582. The number of anilines is 1. The molecular weight excluding hydrogens is 126 g/mol. The first kappa shape index (κ1) is 5.29. The predicted molar refractivity (Wildman–Crippen MR) is 39.6 cm³/mol. The Bertz CT molecular complexity index is 313. The molecule has 3 heteroatoms. The third kappa shape index (κ3) is 0.572. The molecule has 0 aromatic rings. The van der Waals surface area contributed by atoms with Crippen LogP contribution in [0.3, 0.4) is 0 Å². The SMILES string of the molecule is Nc1nc[nH]c2cccc1-2. The number of fused-ring (bicyclic) bond motifs is 1. The summed E-state index contributed by atoms with van der Waals surface area (Å²) in [4.78, 5) is 6.88. The van der Waals surface area contributed by atoms with Crippen LogP contribution in [0.4, 0.5) is 5.82 Å². The number of aromatic amines is 1. The van der Waals surface area contributed by atoms with Gasteiger partial charge in [0.15, 0.2) is 0 Å². The fraction of sp³-hybridized carbons (Fsp3) is 0. The number of rotatable bonds is 0. The van der Waals surface area contributed by atoms with E-state index >= 15 is 0 Å². The fourth-order valence-corrected chi connectivity index (χ4v) is 1.01. The van der Waals surface area contributed by atoms with Gasteiger partial charge in [-0.05, 0) is 12.1 Å². The van der Waals surface area contributed by atoms with Crippen molar-refractivity contribution in [2.24, 2.45) is 0 Å². The van der Waals surface area contributed by atoms with Crippen molar-refractivity contribution in [2.45, 2.75) is 0 Å². The largest absolute Gasteiger partial charge is 0.383 e. The van der Waals surface area contributed by atoms with Crippen molar-refractivity contribution < 1.29 is 0 Å². The summed E-state index contributed by atoms with van der Waals surface area (Å²) in [5.41, 5.74) is 7.59. The van der Waals surface area contributed by atoms with Crippen molar-refractivity contribution in [3.8, 4) is 11.3 Å². The van der Waals surface area contributed by atoms with Crippen molar-refractivity contribution in [3.63, 3.8) is 0 Å². The molecule has 2 aliphatic rings. The summed E-state index contributed by atoms with van der Waals surface area (Å²) < 4.78 is 0. The lowest BCUT2D eigenvalue weighted by Gasteiger charge is -1.99. The van der Waals surface area contributed by atoms with E-state index in [-0.39, 0.29) is 0 Å². The number of hydrogen-bond donors (Lipinski definition) is 2. The Morgan fingerprint density at radius 3 is 3.10 bits per heavy atom. The first-order valence-electron chi connectivity index (χ1n) is 3.05. The number of H-pyrrole nitrogens is 1. The van der Waals surface area contributed by atoms with Crippen LogP contribution < -0.4 is 5.73 Å². The molecule has 0 fully saturated rings. The van der Waals surface area contributed by atoms with E-state index in [4.69, 9.17) is 5.73 Å². The summed E-state index contributed by atoms with van der Waals surface area (Å²) >= 11 is 0. The summed E-state index contributed by atoms with van der Waals surface area (Å²) in [6, 6.07) is 5.85. The van der Waals surface area contributed by atoms with Crippen molar-refractivity contribution in [2.75, 3.05) is 5.73 Å². The normalized spacial score (nSPS) is 10.4. The van der Waals surface area contributed by atoms with Gasteiger partial charge in [0.2, 0.25) is 0 Å². The molecule has 0 radical (unpaired) electrons. The van der Waals surface area contributed by atoms with Crippen LogP contribution in [0.2, 0.25) is 0 Å². The maximum absolute atomic E-state index is 5.57. The second-order valence-electron chi connectivity index (χ2n) is 2.14. The topological polar surface area (TPSA) is 54.7 Å². The van der Waals surface area contributed by atoms with Crippen LogP contribution in [0.15, 0.2) is 24.5 Å². The van der Waals surface area contributed by atoms with E-state index in [2.05, 4.69) is 9.97 Å². The van der Waals surface area contributed by atoms with Crippen molar-refractivity contribution in [1.82, 2.24) is 9.97 Å². The highest BCUT2D eigenvalue weighted by molar-refractivity contribution is 5.72. The Morgan fingerprint density at radius 2 is 2.30 bits per heavy atom. The molecule has 0 aromatic carbocycles. The van der Waals surface area contributed by atoms with Crippen molar-refractivity contribution >= 4 is 5.82 Å². The first-order valence-corrected chi connectivity index (χ1v) is 3.05. The van der Waals surface area contributed by atoms with Crippen molar-refractivity contribution in [1.29, 1.82) is 0 Å². The van der Waals surface area contributed by atoms with Gasteiger partial charge in [-0.25, -0.2) is 4.98 Å². The van der Waals surface area contributed by atoms with Gasteiger partial charge in [0.25, 0.3) is 0 Å². The number of hydrogen-bond acceptors (Lipinski definition) is 2. The minimum Gasteiger partial charge on any atom is -0.383 e. The molecule has 0 unspecified atom stereocenters. The van der Waals surface area contributed by atoms with E-state index in [0.717, 1.165) is 11.3 Å². The Labute approximate surface area is 58.2 Å². The molecule has 1 aliphatic heterocycles. The minimum atomic E-state index is 0.582. The van der Waals surface area contributed by atoms with Crippen molar-refractivity contribution in [3.05, 3.63) is 24.5 Å². The van der Waals surface area contributed by atoms with Gasteiger partial charge in [0.1, 0.15) is 5.82 Å². The van der Waals surface area contributed by atoms with E-state index in [9.17, 15) is 0 Å². The van der Waals surface area contributed by atoms with Crippen LogP contribution >= 0.6 is 0 Å². The summed E-state index contributed by atoms with van der Waals surface area (Å²) in [6.07, 6.45) is 1.59. The Kier molecular flexibility index (Phi) is 0.917. The Hall–Kier alpha value is -1.51. The van der Waals surface area contributed by atoms with Crippen LogP contribution in [-0.2, 0) is 0 Å². The number of nitrogens with one attached hydrogen (secondary N) is 1. The van der Waals surface area contributed by atoms with Gasteiger partial charge in [-0.15, -0.1) is 0 Å². The lowest BCUT2D eigenvalue weighted by Crippen LogP contribution is -1.93. The molecule has 1 heterocycles. The fourth-order valence-electron chi connectivity index (χ4n) is 1.01. The van der Waals surface area contributed by atoms with Crippen LogP contribution in [0.25, 0.3) is 11.3 Å². The molecule has 0 saturated carbocycles. The highest BCUT2D eigenvalue weighted by atomic mass is 14.9. The highest BCUT2D eigenvalue weighted by Crippen LogP contribution is 2.23. The second-order valence-corrected chi connectivity index (χ2v) is 2.14. The van der Waals surface area contributed by atoms with Crippen LogP contribution in [-0.4, -0.2) is 9.97 Å². The molecule has 50 valence electrons. The molecule has 10 heavy (non-hydrogen) atoms. The lowest BCUT2D eigenvalue weighted by atomic mass is 10.2. The molecule has 0 amide bonds. The van der Waals surface area contributed by atoms with Gasteiger partial charge in [0, 0.05) is 5.56 Å². The number of nitrogens with two attached hydrogens (primary N) is 1. The molecule has 2 rings (SSSR count). The highest BCUT2D eigenvalue weighted by Gasteiger charge is 2.03. The number of nitrogen functional groups attached to an aromatic ring is 1. The van der Waals surface area contributed by atoms with Gasteiger partial charge in [-0.2, -0.15) is 0 Å². The predicted octanol–water partition coefficient (Wildman–Crippen LogP) is 1.10. The monoisotopic (exact) mass is 133 g/mol. The third-order valence-corrected chi connectivity index (χ3v) is 1.52. The maximum atomic E-state index is 5.57. The molecule has 3 N–H and O–H groups in total. The molecule has 0 atom stereocenters. The van der Waals surface area contributed by atoms with Gasteiger partial charge in [-0.3, -0.25) is 0 Å². The molecule has 0 bridgehead atoms. The van der Waals surface area contributed by atoms with Gasteiger partial charge >= 0.3 is 0 Å². The smallest absolute Gasteiger partial charge is 0.134 e. The van der Waals surface area contributed by atoms with E-state index in [0.29, 0.717) is 5.82 Å². The summed E-state index contributed by atoms with van der Waals surface area (Å²) in [7, 11) is 0. The summed E-state index contributed by atoms with van der Waals surface area (Å²) in [6.45, 7) is 0. The van der Waals surface area contributed by atoms with Crippen LogP contribution in [0.5, 0.6) is 0 Å². The third-order valence-electron chi connectivity index (χ3n) is 1.52. The Morgan fingerprint density at radius 1 is 1.40 bits per heavy atom. The molecule has 3 nitrogen and oxygen atoms in total. The average Bonchev–Trinajstić information content (AvgIpc) is 2.36. The number of nitrogens with zero attached hydrogens (tertiary/aromatic N) is 1. The maximum Gasteiger partial charge on any atom is 0.134 e. The zero-order valence-corrected chi connectivity index (χ0v) is 5.33. The molecule has 0 spiro atoms. The zero-order valence-electron chi connectivity index (χ0n) is 5.33. The van der Waals surface area contributed by atoms with Gasteiger partial charge < -0.3 is 10.7 Å². The van der Waals surface area contributed by atoms with E-state index in [1.807, 2.05) is 18.2 Å². The quantitative estimate of drug-likeness (QED) is 0.565. The molecule has 0 aromatic heterocycles. The molecule has 1 aliphatic carbocycles. The summed E-state index contributed by atoms with van der Waals surface area (Å²) in [5.74, 6) is 0.582. The average molecular weight is 133 g/mol. The first-order chi connectivity index (χ1) is 4.88. The standard InChI is InChI=1S/C7H7N3/c8-7-5-2-1-3-6(5)9-4-10-7/h1-4H,8H2,(H,9,10). The number of aromatic nitrogens is 2. The lowest BCUT2D eigenvalue weighted by molar-refractivity contribution is 1.19. The molecule has 0 saturated heterocycles. The summed E-state index contributed by atoms with van der Waals surface area (Å²) in [5, 5.41) is 0. The van der Waals surface area contributed by atoms with Crippen LogP contribution in [0.1, 0.15) is 0 Å². The van der Waals surface area contributed by atoms with Crippen LogP contribution in [0, 0.1) is 0 Å². The van der Waals surface area contributed by atoms with E-state index in [1.165, 1.54) is 0 Å². The Balaban J connectivity index is 2.80. The molecular formula is C7H7N3. The van der Waals surface area contributed by atoms with Gasteiger partial charge in [0.05, 0.1) is 12.0 Å². The second kappa shape index (κ2) is 1.73. The van der Waals surface area contributed by atoms with E-state index < -0.39 is 0 Å².